The van der Waals surface area contributed by atoms with E-state index in [1.54, 1.807) is 0 Å². The number of hydrogen-bond donors (Lipinski definition) is 0. The summed E-state index contributed by atoms with van der Waals surface area (Å²) in [5.74, 6) is 0. The van der Waals surface area contributed by atoms with Crippen LogP contribution >= 0.6 is 0 Å². The van der Waals surface area contributed by atoms with Gasteiger partial charge in [-0.05, 0) is 17.5 Å². The number of azide groups is 1. The van der Waals surface area contributed by atoms with Gasteiger partial charge in [0.05, 0.1) is 18.8 Å². The van der Waals surface area contributed by atoms with E-state index >= 15 is 0 Å². The van der Waals surface area contributed by atoms with Crippen LogP contribution in [-0.4, -0.2) is 33.0 Å². The molecule has 0 amide bonds. The molecule has 0 unspecified atom stereocenters. The van der Waals surface area contributed by atoms with Gasteiger partial charge in [-0.2, -0.15) is 0 Å². The summed E-state index contributed by atoms with van der Waals surface area (Å²) in [4.78, 5) is 2.80. The minimum Gasteiger partial charge on any atom is -0.413 e. The van der Waals surface area contributed by atoms with Gasteiger partial charge in [-0.15, -0.1) is 0 Å². The van der Waals surface area contributed by atoms with E-state index in [1.807, 2.05) is 30.3 Å². The van der Waals surface area contributed by atoms with Crippen molar-refractivity contribution >= 4 is 7.69 Å². The van der Waals surface area contributed by atoms with E-state index in [-0.39, 0.29) is 12.1 Å². The van der Waals surface area contributed by atoms with Crippen LogP contribution < -0.4 is 0 Å². The van der Waals surface area contributed by atoms with E-state index in [0.717, 1.165) is 5.56 Å². The molecule has 0 aliphatic carbocycles. The van der Waals surface area contributed by atoms with Gasteiger partial charge in [0.1, 0.15) is 0 Å². The minimum atomic E-state index is -0.296. The maximum absolute atomic E-state index is 8.46. The Bertz CT molecular complexity index is 425. The minimum absolute atomic E-state index is 0.180. The van der Waals surface area contributed by atoms with Crippen LogP contribution in [0.1, 0.15) is 12.0 Å². The Balaban J connectivity index is 1.70. The van der Waals surface area contributed by atoms with E-state index in [4.69, 9.17) is 19.6 Å². The van der Waals surface area contributed by atoms with Crippen molar-refractivity contribution in [1.29, 1.82) is 0 Å². The highest BCUT2D eigenvalue weighted by Gasteiger charge is 2.26. The predicted octanol–water partition coefficient (Wildman–Crippen LogP) is 2.22. The van der Waals surface area contributed by atoms with Gasteiger partial charge >= 0.3 is 7.69 Å². The average Bonchev–Trinajstić information content (AvgIpc) is 2.47. The summed E-state index contributed by atoms with van der Waals surface area (Å²) in [7, 11) is 1.30. The van der Waals surface area contributed by atoms with Gasteiger partial charge in [-0.25, -0.2) is 0 Å². The predicted molar refractivity (Wildman–Crippen MR) is 70.2 cm³/mol. The molecule has 6 nitrogen and oxygen atoms in total. The van der Waals surface area contributed by atoms with Crippen molar-refractivity contribution in [2.45, 2.75) is 25.2 Å². The largest absolute Gasteiger partial charge is 0.488 e. The van der Waals surface area contributed by atoms with Crippen LogP contribution in [0.15, 0.2) is 35.4 Å². The standard InChI is InChI=1S/C12H15BN3O3/c14-16-15-11-9-18-13-19-12(11)6-7-17-8-10-4-2-1-3-5-10/h1-5,11-12H,6-9H2/t11-,12+/m0/s1. The van der Waals surface area contributed by atoms with Crippen LogP contribution in [0.5, 0.6) is 0 Å². The summed E-state index contributed by atoms with van der Waals surface area (Å²) in [6.07, 6.45) is 0.483. The molecule has 0 spiro atoms. The third kappa shape index (κ3) is 4.57. The fraction of sp³-hybridized carbons (Fsp3) is 0.500. The van der Waals surface area contributed by atoms with Gasteiger partial charge in [0, 0.05) is 18.1 Å². The Kier molecular flexibility index (Phi) is 5.71. The Labute approximate surface area is 112 Å². The molecule has 1 saturated heterocycles. The molecule has 0 saturated carbocycles. The smallest absolute Gasteiger partial charge is 0.413 e. The van der Waals surface area contributed by atoms with Gasteiger partial charge in [0.2, 0.25) is 0 Å². The number of ether oxygens (including phenoxy) is 1. The molecule has 1 aliphatic rings. The van der Waals surface area contributed by atoms with Gasteiger partial charge in [-0.3, -0.25) is 0 Å². The van der Waals surface area contributed by atoms with E-state index in [0.29, 0.717) is 26.2 Å². The van der Waals surface area contributed by atoms with Crippen molar-refractivity contribution in [1.82, 2.24) is 0 Å². The second-order valence-electron chi connectivity index (χ2n) is 4.20. The molecule has 2 atom stereocenters. The first kappa shape index (κ1) is 13.9. The lowest BCUT2D eigenvalue weighted by Gasteiger charge is -2.28. The molecule has 0 N–H and O–H groups in total. The second-order valence-corrected chi connectivity index (χ2v) is 4.20. The summed E-state index contributed by atoms with van der Waals surface area (Å²) >= 11 is 0. The molecule has 19 heavy (non-hydrogen) atoms. The summed E-state index contributed by atoms with van der Waals surface area (Å²) in [6.45, 7) is 1.47. The maximum atomic E-state index is 8.46. The lowest BCUT2D eigenvalue weighted by atomic mass is 10.1. The number of benzene rings is 1. The molecule has 7 heteroatoms. The molecule has 1 heterocycles. The van der Waals surface area contributed by atoms with Crippen LogP contribution in [0, 0.1) is 0 Å². The van der Waals surface area contributed by atoms with E-state index in [2.05, 4.69) is 10.0 Å². The van der Waals surface area contributed by atoms with Crippen molar-refractivity contribution in [2.24, 2.45) is 5.11 Å². The average molecular weight is 260 g/mol. The van der Waals surface area contributed by atoms with Crippen molar-refractivity contribution in [3.63, 3.8) is 0 Å². The molecule has 99 valence electrons. The first-order valence-electron chi connectivity index (χ1n) is 6.15. The van der Waals surface area contributed by atoms with Gasteiger partial charge in [-0.1, -0.05) is 35.4 Å². The fourth-order valence-corrected chi connectivity index (χ4v) is 1.84. The monoisotopic (exact) mass is 260 g/mol. The lowest BCUT2D eigenvalue weighted by molar-refractivity contribution is 0.0289. The van der Waals surface area contributed by atoms with Crippen molar-refractivity contribution in [3.05, 3.63) is 46.3 Å². The van der Waals surface area contributed by atoms with Crippen LogP contribution in [0.2, 0.25) is 0 Å². The number of nitrogens with zero attached hydrogens (tertiary/aromatic N) is 3. The summed E-state index contributed by atoms with van der Waals surface area (Å²) in [5.41, 5.74) is 9.60. The molecule has 1 radical (unpaired) electrons. The molecule has 1 aliphatic heterocycles. The van der Waals surface area contributed by atoms with Crippen LogP contribution in [0.25, 0.3) is 10.4 Å². The number of hydrogen-bond acceptors (Lipinski definition) is 4. The first-order valence-corrected chi connectivity index (χ1v) is 6.15. The van der Waals surface area contributed by atoms with E-state index in [1.165, 1.54) is 7.69 Å². The number of rotatable bonds is 6. The van der Waals surface area contributed by atoms with E-state index < -0.39 is 0 Å². The zero-order chi connectivity index (χ0) is 13.3. The van der Waals surface area contributed by atoms with Crippen LogP contribution in [0.4, 0.5) is 0 Å². The Morgan fingerprint density at radius 2 is 2.26 bits per heavy atom. The third-order valence-corrected chi connectivity index (χ3v) is 2.85. The topological polar surface area (TPSA) is 76.5 Å². The summed E-state index contributed by atoms with van der Waals surface area (Å²) in [5, 5.41) is 3.66. The molecule has 2 rings (SSSR count). The first-order chi connectivity index (χ1) is 9.40. The highest BCUT2D eigenvalue weighted by atomic mass is 16.6. The molecule has 1 aromatic rings. The lowest BCUT2D eigenvalue weighted by Crippen LogP contribution is -2.39. The molecule has 1 fully saturated rings. The Morgan fingerprint density at radius 3 is 3.05 bits per heavy atom. The Morgan fingerprint density at radius 1 is 1.42 bits per heavy atom. The summed E-state index contributed by atoms with van der Waals surface area (Å²) < 4.78 is 15.9. The van der Waals surface area contributed by atoms with Crippen molar-refractivity contribution in [2.75, 3.05) is 13.2 Å². The van der Waals surface area contributed by atoms with Crippen LogP contribution in [-0.2, 0) is 20.7 Å². The fourth-order valence-electron chi connectivity index (χ4n) is 1.84. The molecule has 0 aromatic heterocycles. The highest BCUT2D eigenvalue weighted by molar-refractivity contribution is 6.18. The van der Waals surface area contributed by atoms with Crippen LogP contribution in [0.3, 0.4) is 0 Å². The van der Waals surface area contributed by atoms with E-state index in [9.17, 15) is 0 Å². The molecule has 1 aromatic carbocycles. The molecular weight excluding hydrogens is 245 g/mol. The van der Waals surface area contributed by atoms with Gasteiger partial charge in [0.25, 0.3) is 0 Å². The molecule has 0 bridgehead atoms. The highest BCUT2D eigenvalue weighted by Crippen LogP contribution is 2.14. The van der Waals surface area contributed by atoms with Gasteiger partial charge < -0.3 is 14.0 Å². The molecular formula is C12H15BN3O3. The normalized spacial score (nSPS) is 22.3. The van der Waals surface area contributed by atoms with Crippen molar-refractivity contribution < 1.29 is 14.0 Å². The zero-order valence-corrected chi connectivity index (χ0v) is 10.5. The summed E-state index contributed by atoms with van der Waals surface area (Å²) in [6, 6.07) is 9.66. The van der Waals surface area contributed by atoms with Crippen molar-refractivity contribution in [3.8, 4) is 0 Å². The second kappa shape index (κ2) is 7.81. The zero-order valence-electron chi connectivity index (χ0n) is 10.5. The maximum Gasteiger partial charge on any atom is 0.488 e. The van der Waals surface area contributed by atoms with Gasteiger partial charge in [0.15, 0.2) is 0 Å². The third-order valence-electron chi connectivity index (χ3n) is 2.85. The Hall–Kier alpha value is -1.53. The SMILES string of the molecule is [N-]=[N+]=N[C@H]1CO[B]O[C@@H]1CCOCc1ccccc1. The quantitative estimate of drug-likeness (QED) is 0.258.